The van der Waals surface area contributed by atoms with E-state index in [0.717, 1.165) is 13.1 Å². The number of esters is 1. The molecule has 1 aromatic carbocycles. The van der Waals surface area contributed by atoms with Crippen molar-refractivity contribution in [2.45, 2.75) is 32.9 Å². The van der Waals surface area contributed by atoms with Crippen molar-refractivity contribution in [2.75, 3.05) is 31.6 Å². The van der Waals surface area contributed by atoms with Crippen LogP contribution in [0.25, 0.3) is 0 Å². The highest BCUT2D eigenvalue weighted by Gasteiger charge is 2.26. The highest BCUT2D eigenvalue weighted by Crippen LogP contribution is 2.22. The number of ether oxygens (including phenoxy) is 1. The number of benzene rings is 1. The number of hydrogen-bond acceptors (Lipinski definition) is 4. The minimum absolute atomic E-state index is 0.251. The molecule has 1 aromatic rings. The smallest absolute Gasteiger partial charge is 0.338 e. The number of hydrogen-bond donors (Lipinski definition) is 0. The molecule has 0 amide bonds. The van der Waals surface area contributed by atoms with Crippen molar-refractivity contribution in [3.63, 3.8) is 0 Å². The van der Waals surface area contributed by atoms with Crippen LogP contribution in [0, 0.1) is 0 Å². The quantitative estimate of drug-likeness (QED) is 0.794. The van der Waals surface area contributed by atoms with Gasteiger partial charge in [-0.15, -0.1) is 0 Å². The molecular weight excluding hydrogens is 252 g/mol. The zero-order valence-electron chi connectivity index (χ0n) is 12.8. The van der Waals surface area contributed by atoms with Crippen LogP contribution in [-0.4, -0.2) is 49.7 Å². The molecule has 0 aromatic heterocycles. The lowest BCUT2D eigenvalue weighted by Gasteiger charge is -2.43. The van der Waals surface area contributed by atoms with Crippen LogP contribution in [0.2, 0.25) is 0 Å². The lowest BCUT2D eigenvalue weighted by Crippen LogP contribution is -2.55. The normalized spacial score (nSPS) is 23.7. The summed E-state index contributed by atoms with van der Waals surface area (Å²) in [6.07, 6.45) is 0. The Hall–Kier alpha value is -1.55. The molecule has 1 aliphatic rings. The lowest BCUT2D eigenvalue weighted by molar-refractivity contribution is 0.0526. The fourth-order valence-corrected chi connectivity index (χ4v) is 2.64. The van der Waals surface area contributed by atoms with Crippen LogP contribution in [0.4, 0.5) is 5.69 Å². The van der Waals surface area contributed by atoms with Crippen LogP contribution in [0.1, 0.15) is 31.1 Å². The summed E-state index contributed by atoms with van der Waals surface area (Å²) in [5.74, 6) is -0.251. The number of carbonyl (C=O) groups excluding carboxylic acids is 1. The zero-order valence-corrected chi connectivity index (χ0v) is 12.8. The van der Waals surface area contributed by atoms with Gasteiger partial charge in [0.2, 0.25) is 0 Å². The average molecular weight is 276 g/mol. The predicted molar refractivity (Wildman–Crippen MR) is 81.3 cm³/mol. The first-order valence-electron chi connectivity index (χ1n) is 7.27. The summed E-state index contributed by atoms with van der Waals surface area (Å²) in [5.41, 5.74) is 1.79. The van der Waals surface area contributed by atoms with Gasteiger partial charge in [0.05, 0.1) is 12.2 Å². The molecule has 0 N–H and O–H groups in total. The van der Waals surface area contributed by atoms with Crippen molar-refractivity contribution in [3.05, 3.63) is 29.8 Å². The number of carbonyl (C=O) groups is 1. The summed E-state index contributed by atoms with van der Waals surface area (Å²) in [6, 6.07) is 8.78. The summed E-state index contributed by atoms with van der Waals surface area (Å²) in [5, 5.41) is 0. The van der Waals surface area contributed by atoms with E-state index in [-0.39, 0.29) is 5.97 Å². The highest BCUT2D eigenvalue weighted by atomic mass is 16.5. The summed E-state index contributed by atoms with van der Waals surface area (Å²) >= 11 is 0. The van der Waals surface area contributed by atoms with Gasteiger partial charge in [-0.25, -0.2) is 4.79 Å². The standard InChI is InChI=1S/C16H24N2O2/c1-5-20-16(19)14-6-8-15(9-7-14)18-10-12(2)17(4)13(3)11-18/h6-9,12-13H,5,10-11H2,1-4H3/t12-,13-/m0/s1. The maximum absolute atomic E-state index is 11.6. The van der Waals surface area contributed by atoms with E-state index in [9.17, 15) is 4.79 Å². The van der Waals surface area contributed by atoms with Gasteiger partial charge in [-0.3, -0.25) is 4.90 Å². The second-order valence-corrected chi connectivity index (χ2v) is 5.54. The maximum Gasteiger partial charge on any atom is 0.338 e. The minimum atomic E-state index is -0.251. The molecule has 0 saturated carbocycles. The van der Waals surface area contributed by atoms with Crippen molar-refractivity contribution < 1.29 is 9.53 Å². The Labute approximate surface area is 121 Å². The van der Waals surface area contributed by atoms with Gasteiger partial charge in [-0.1, -0.05) is 0 Å². The molecule has 1 aliphatic heterocycles. The Morgan fingerprint density at radius 3 is 2.25 bits per heavy atom. The van der Waals surface area contributed by atoms with E-state index in [1.54, 1.807) is 0 Å². The van der Waals surface area contributed by atoms with Gasteiger partial charge in [-0.2, -0.15) is 0 Å². The van der Waals surface area contributed by atoms with E-state index in [4.69, 9.17) is 4.74 Å². The fourth-order valence-electron chi connectivity index (χ4n) is 2.64. The zero-order chi connectivity index (χ0) is 14.7. The number of nitrogens with zero attached hydrogens (tertiary/aromatic N) is 2. The molecule has 20 heavy (non-hydrogen) atoms. The first kappa shape index (κ1) is 14.9. The molecule has 110 valence electrons. The minimum Gasteiger partial charge on any atom is -0.462 e. The van der Waals surface area contributed by atoms with Gasteiger partial charge in [0.25, 0.3) is 0 Å². The third-order valence-electron chi connectivity index (χ3n) is 4.10. The second-order valence-electron chi connectivity index (χ2n) is 5.54. The maximum atomic E-state index is 11.6. The molecule has 1 saturated heterocycles. The molecule has 2 atom stereocenters. The molecular formula is C16H24N2O2. The Morgan fingerprint density at radius 2 is 1.75 bits per heavy atom. The number of piperazine rings is 1. The van der Waals surface area contributed by atoms with E-state index < -0.39 is 0 Å². The van der Waals surface area contributed by atoms with Crippen LogP contribution in [0.15, 0.2) is 24.3 Å². The monoisotopic (exact) mass is 276 g/mol. The van der Waals surface area contributed by atoms with Crippen LogP contribution in [-0.2, 0) is 4.74 Å². The molecule has 1 heterocycles. The van der Waals surface area contributed by atoms with Crippen molar-refractivity contribution >= 4 is 11.7 Å². The van der Waals surface area contributed by atoms with Crippen LogP contribution < -0.4 is 4.90 Å². The lowest BCUT2D eigenvalue weighted by atomic mass is 10.1. The molecule has 0 spiro atoms. The SMILES string of the molecule is CCOC(=O)c1ccc(N2C[C@H](C)N(C)[C@@H](C)C2)cc1. The van der Waals surface area contributed by atoms with Crippen LogP contribution >= 0.6 is 0 Å². The van der Waals surface area contributed by atoms with Crippen molar-refractivity contribution in [3.8, 4) is 0 Å². The Kier molecular flexibility index (Phi) is 4.65. The first-order chi connectivity index (χ1) is 9.52. The van der Waals surface area contributed by atoms with E-state index in [2.05, 4.69) is 30.7 Å². The van der Waals surface area contributed by atoms with Gasteiger partial charge in [-0.05, 0) is 52.1 Å². The Balaban J connectivity index is 2.08. The van der Waals surface area contributed by atoms with Crippen molar-refractivity contribution in [1.29, 1.82) is 0 Å². The van der Waals surface area contributed by atoms with Crippen LogP contribution in [0.3, 0.4) is 0 Å². The molecule has 1 fully saturated rings. The predicted octanol–water partition coefficient (Wildman–Crippen LogP) is 2.39. The molecule has 2 rings (SSSR count). The summed E-state index contributed by atoms with van der Waals surface area (Å²) in [4.78, 5) is 16.4. The number of anilines is 1. The third-order valence-corrected chi connectivity index (χ3v) is 4.10. The average Bonchev–Trinajstić information content (AvgIpc) is 2.44. The highest BCUT2D eigenvalue weighted by molar-refractivity contribution is 5.89. The molecule has 4 nitrogen and oxygen atoms in total. The summed E-state index contributed by atoms with van der Waals surface area (Å²) in [7, 11) is 2.18. The van der Waals surface area contributed by atoms with Gasteiger partial charge in [0.1, 0.15) is 0 Å². The number of likely N-dealkylation sites (N-methyl/N-ethyl adjacent to an activating group) is 1. The molecule has 0 radical (unpaired) electrons. The van der Waals surface area contributed by atoms with E-state index >= 15 is 0 Å². The van der Waals surface area contributed by atoms with Crippen molar-refractivity contribution in [2.24, 2.45) is 0 Å². The van der Waals surface area contributed by atoms with Crippen LogP contribution in [0.5, 0.6) is 0 Å². The Bertz CT molecular complexity index is 446. The van der Waals surface area contributed by atoms with E-state index in [1.807, 2.05) is 31.2 Å². The van der Waals surface area contributed by atoms with E-state index in [1.165, 1.54) is 5.69 Å². The fraction of sp³-hybridized carbons (Fsp3) is 0.562. The topological polar surface area (TPSA) is 32.8 Å². The number of rotatable bonds is 3. The largest absolute Gasteiger partial charge is 0.462 e. The van der Waals surface area contributed by atoms with E-state index in [0.29, 0.717) is 24.3 Å². The van der Waals surface area contributed by atoms with Gasteiger partial charge in [0, 0.05) is 30.9 Å². The molecule has 4 heteroatoms. The van der Waals surface area contributed by atoms with Crippen molar-refractivity contribution in [1.82, 2.24) is 4.90 Å². The molecule has 0 bridgehead atoms. The summed E-state index contributed by atoms with van der Waals surface area (Å²) < 4.78 is 5.00. The van der Waals surface area contributed by atoms with Gasteiger partial charge >= 0.3 is 5.97 Å². The first-order valence-corrected chi connectivity index (χ1v) is 7.27. The van der Waals surface area contributed by atoms with Gasteiger partial charge < -0.3 is 9.64 Å². The molecule has 0 unspecified atom stereocenters. The second kappa shape index (κ2) is 6.27. The molecule has 0 aliphatic carbocycles. The Morgan fingerprint density at radius 1 is 1.20 bits per heavy atom. The third kappa shape index (κ3) is 3.12. The summed E-state index contributed by atoms with van der Waals surface area (Å²) in [6.45, 7) is 8.75. The van der Waals surface area contributed by atoms with Gasteiger partial charge in [0.15, 0.2) is 0 Å².